The van der Waals surface area contributed by atoms with Crippen molar-refractivity contribution in [2.45, 2.75) is 58.3 Å². The number of allylic oxidation sites excluding steroid dienone is 12. The molecule has 162 valence electrons. The van der Waals surface area contributed by atoms with Gasteiger partial charge in [0.25, 0.3) is 0 Å². The Hall–Kier alpha value is -2.13. The van der Waals surface area contributed by atoms with Crippen LogP contribution in [-0.2, 0) is 4.79 Å². The minimum Gasteiger partial charge on any atom is -0.355 e. The average molecular weight is 399 g/mol. The summed E-state index contributed by atoms with van der Waals surface area (Å²) >= 11 is 0. The molecule has 0 rings (SSSR count). The topological polar surface area (TPSA) is 32.3 Å². The first kappa shape index (κ1) is 26.9. The van der Waals surface area contributed by atoms with Crippen molar-refractivity contribution in [2.75, 3.05) is 27.2 Å². The van der Waals surface area contributed by atoms with E-state index in [2.05, 4.69) is 90.1 Å². The Morgan fingerprint density at radius 1 is 0.690 bits per heavy atom. The van der Waals surface area contributed by atoms with Gasteiger partial charge in [-0.25, -0.2) is 0 Å². The van der Waals surface area contributed by atoms with Gasteiger partial charge in [0.1, 0.15) is 0 Å². The SMILES string of the molecule is CCC=CCC=CCC=CCC=CCC=CCC=CCCC(=O)NCCN(C)C. The quantitative estimate of drug-likeness (QED) is 0.298. The van der Waals surface area contributed by atoms with Crippen LogP contribution < -0.4 is 5.32 Å². The third-order valence-corrected chi connectivity index (χ3v) is 4.02. The molecule has 0 spiro atoms. The van der Waals surface area contributed by atoms with E-state index in [0.29, 0.717) is 6.42 Å². The van der Waals surface area contributed by atoms with Gasteiger partial charge >= 0.3 is 0 Å². The fourth-order valence-corrected chi connectivity index (χ4v) is 2.36. The van der Waals surface area contributed by atoms with Crippen LogP contribution in [0, 0.1) is 0 Å². The molecular formula is C26H42N2O. The summed E-state index contributed by atoms with van der Waals surface area (Å²) in [5.74, 6) is 0.131. The van der Waals surface area contributed by atoms with Crippen LogP contribution >= 0.6 is 0 Å². The number of likely N-dealkylation sites (N-methyl/N-ethyl adjacent to an activating group) is 1. The molecule has 0 bridgehead atoms. The largest absolute Gasteiger partial charge is 0.355 e. The first-order chi connectivity index (χ1) is 14.2. The summed E-state index contributed by atoms with van der Waals surface area (Å²) in [7, 11) is 4.01. The normalized spacial score (nSPS) is 13.0. The number of rotatable bonds is 17. The minimum absolute atomic E-state index is 0.131. The highest BCUT2D eigenvalue weighted by molar-refractivity contribution is 5.75. The Morgan fingerprint density at radius 2 is 1.10 bits per heavy atom. The van der Waals surface area contributed by atoms with Gasteiger partial charge in [-0.1, -0.05) is 79.8 Å². The fraction of sp³-hybridized carbons (Fsp3) is 0.500. The number of carbonyl (C=O) groups is 1. The van der Waals surface area contributed by atoms with E-state index in [1.165, 1.54) is 0 Å². The monoisotopic (exact) mass is 398 g/mol. The predicted octanol–water partition coefficient (Wildman–Crippen LogP) is 6.14. The van der Waals surface area contributed by atoms with Gasteiger partial charge in [-0.2, -0.15) is 0 Å². The summed E-state index contributed by atoms with van der Waals surface area (Å²) in [5, 5.41) is 2.93. The Kier molecular flexibility index (Phi) is 20.5. The maximum atomic E-state index is 11.6. The highest BCUT2D eigenvalue weighted by atomic mass is 16.1. The molecule has 0 saturated heterocycles. The second-order valence-corrected chi connectivity index (χ2v) is 7.11. The molecule has 0 radical (unpaired) electrons. The van der Waals surface area contributed by atoms with E-state index in [0.717, 1.165) is 58.0 Å². The van der Waals surface area contributed by atoms with Gasteiger partial charge in [0.2, 0.25) is 5.91 Å². The minimum atomic E-state index is 0.131. The van der Waals surface area contributed by atoms with E-state index in [1.54, 1.807) is 0 Å². The molecule has 3 heteroatoms. The molecular weight excluding hydrogens is 356 g/mol. The van der Waals surface area contributed by atoms with E-state index in [9.17, 15) is 4.79 Å². The Labute approximate surface area is 179 Å². The molecule has 0 fully saturated rings. The summed E-state index contributed by atoms with van der Waals surface area (Å²) in [4.78, 5) is 13.7. The summed E-state index contributed by atoms with van der Waals surface area (Å²) in [6, 6.07) is 0. The molecule has 0 aromatic rings. The second-order valence-electron chi connectivity index (χ2n) is 7.11. The van der Waals surface area contributed by atoms with Crippen LogP contribution in [0.15, 0.2) is 72.9 Å². The maximum absolute atomic E-state index is 11.6. The lowest BCUT2D eigenvalue weighted by atomic mass is 10.2. The zero-order valence-corrected chi connectivity index (χ0v) is 18.9. The summed E-state index contributed by atoms with van der Waals surface area (Å²) < 4.78 is 0. The van der Waals surface area contributed by atoms with E-state index in [-0.39, 0.29) is 5.91 Å². The number of carbonyl (C=O) groups excluding carboxylic acids is 1. The Bertz CT molecular complexity index is 551. The van der Waals surface area contributed by atoms with Crippen molar-refractivity contribution >= 4 is 5.91 Å². The molecule has 1 amide bonds. The molecule has 0 heterocycles. The molecule has 0 aliphatic heterocycles. The Morgan fingerprint density at radius 3 is 1.52 bits per heavy atom. The van der Waals surface area contributed by atoms with Crippen molar-refractivity contribution < 1.29 is 4.79 Å². The van der Waals surface area contributed by atoms with Crippen LogP contribution in [0.3, 0.4) is 0 Å². The predicted molar refractivity (Wildman–Crippen MR) is 129 cm³/mol. The molecule has 0 saturated carbocycles. The van der Waals surface area contributed by atoms with Crippen LogP contribution in [0.25, 0.3) is 0 Å². The molecule has 0 atom stereocenters. The van der Waals surface area contributed by atoms with Crippen LogP contribution in [-0.4, -0.2) is 38.0 Å². The van der Waals surface area contributed by atoms with Crippen LogP contribution in [0.4, 0.5) is 0 Å². The summed E-state index contributed by atoms with van der Waals surface area (Å²) in [6.07, 6.45) is 33.7. The maximum Gasteiger partial charge on any atom is 0.220 e. The van der Waals surface area contributed by atoms with Gasteiger partial charge in [-0.05, 0) is 59.0 Å². The second kappa shape index (κ2) is 22.2. The van der Waals surface area contributed by atoms with Crippen molar-refractivity contribution in [1.82, 2.24) is 10.2 Å². The first-order valence-corrected chi connectivity index (χ1v) is 11.0. The van der Waals surface area contributed by atoms with Crippen molar-refractivity contribution in [3.8, 4) is 0 Å². The molecule has 29 heavy (non-hydrogen) atoms. The lowest BCUT2D eigenvalue weighted by Crippen LogP contribution is -2.31. The number of amides is 1. The van der Waals surface area contributed by atoms with E-state index in [1.807, 2.05) is 14.1 Å². The van der Waals surface area contributed by atoms with E-state index < -0.39 is 0 Å². The molecule has 0 unspecified atom stereocenters. The molecule has 0 aliphatic rings. The van der Waals surface area contributed by atoms with Gasteiger partial charge < -0.3 is 10.2 Å². The molecule has 1 N–H and O–H groups in total. The van der Waals surface area contributed by atoms with Gasteiger partial charge in [0.15, 0.2) is 0 Å². The standard InChI is InChI=1S/C26H42N2O/c1-4-5-6-7-8-9-10-11-12-13-14-15-16-17-18-19-20-21-22-23-26(29)27-24-25-28(2)3/h5-6,8-9,11-12,14-15,17-18,20-21H,4,7,10,13,16,19,22-25H2,1-3H3,(H,27,29). The van der Waals surface area contributed by atoms with Crippen molar-refractivity contribution in [3.05, 3.63) is 72.9 Å². The molecule has 3 nitrogen and oxygen atoms in total. The first-order valence-electron chi connectivity index (χ1n) is 11.0. The van der Waals surface area contributed by atoms with Gasteiger partial charge in [0.05, 0.1) is 0 Å². The van der Waals surface area contributed by atoms with Gasteiger partial charge in [-0.15, -0.1) is 0 Å². The smallest absolute Gasteiger partial charge is 0.220 e. The zero-order valence-electron chi connectivity index (χ0n) is 18.9. The zero-order chi connectivity index (χ0) is 21.4. The third-order valence-electron chi connectivity index (χ3n) is 4.02. The lowest BCUT2D eigenvalue weighted by molar-refractivity contribution is -0.121. The number of hydrogen-bond acceptors (Lipinski definition) is 2. The lowest BCUT2D eigenvalue weighted by Gasteiger charge is -2.09. The third kappa shape index (κ3) is 23.8. The Balaban J connectivity index is 3.56. The highest BCUT2D eigenvalue weighted by Crippen LogP contribution is 1.97. The van der Waals surface area contributed by atoms with Crippen molar-refractivity contribution in [3.63, 3.8) is 0 Å². The molecule has 0 aromatic heterocycles. The van der Waals surface area contributed by atoms with Crippen LogP contribution in [0.2, 0.25) is 0 Å². The summed E-state index contributed by atoms with van der Waals surface area (Å²) in [6.45, 7) is 3.75. The number of nitrogens with zero attached hydrogens (tertiary/aromatic N) is 1. The van der Waals surface area contributed by atoms with Crippen LogP contribution in [0.1, 0.15) is 58.3 Å². The van der Waals surface area contributed by atoms with E-state index >= 15 is 0 Å². The average Bonchev–Trinajstić information content (AvgIpc) is 2.69. The van der Waals surface area contributed by atoms with E-state index in [4.69, 9.17) is 0 Å². The van der Waals surface area contributed by atoms with Crippen molar-refractivity contribution in [1.29, 1.82) is 0 Å². The molecule has 0 aliphatic carbocycles. The number of hydrogen-bond donors (Lipinski definition) is 1. The number of nitrogens with one attached hydrogen (secondary N) is 1. The van der Waals surface area contributed by atoms with Gasteiger partial charge in [0, 0.05) is 19.5 Å². The van der Waals surface area contributed by atoms with Crippen molar-refractivity contribution in [2.24, 2.45) is 0 Å². The van der Waals surface area contributed by atoms with Gasteiger partial charge in [-0.3, -0.25) is 4.79 Å². The summed E-state index contributed by atoms with van der Waals surface area (Å²) in [5.41, 5.74) is 0. The van der Waals surface area contributed by atoms with Crippen LogP contribution in [0.5, 0.6) is 0 Å². The fourth-order valence-electron chi connectivity index (χ4n) is 2.36. The highest BCUT2D eigenvalue weighted by Gasteiger charge is 1.98. The molecule has 0 aromatic carbocycles.